The fourth-order valence-electron chi connectivity index (χ4n) is 0.745. The van der Waals surface area contributed by atoms with Gasteiger partial charge in [-0.1, -0.05) is 0 Å². The number of carbonyl (C=O) groups excluding carboxylic acids is 2. The van der Waals surface area contributed by atoms with Crippen molar-refractivity contribution in [3.8, 4) is 0 Å². The summed E-state index contributed by atoms with van der Waals surface area (Å²) in [6.45, 7) is 4.80. The highest BCUT2D eigenvalue weighted by Gasteiger charge is 2.01. The Bertz CT molecular complexity index is 187. The van der Waals surface area contributed by atoms with E-state index in [1.54, 1.807) is 0 Å². The van der Waals surface area contributed by atoms with Crippen LogP contribution in [0.3, 0.4) is 0 Å². The molecular weight excluding hydrogens is 186 g/mol. The van der Waals surface area contributed by atoms with E-state index in [1.807, 2.05) is 6.92 Å². The van der Waals surface area contributed by atoms with Crippen molar-refractivity contribution in [2.24, 2.45) is 0 Å². The summed E-state index contributed by atoms with van der Waals surface area (Å²) in [5.74, 6) is -0.321. The average Bonchev–Trinajstić information content (AvgIpc) is 2.12. The highest BCUT2D eigenvalue weighted by Crippen LogP contribution is 1.77. The van der Waals surface area contributed by atoms with Crippen LogP contribution in [0.4, 0.5) is 0 Å². The average molecular weight is 205 g/mol. The Balaban J connectivity index is 0. The van der Waals surface area contributed by atoms with Gasteiger partial charge in [-0.3, -0.25) is 9.59 Å². The standard InChI is InChI=1S/C9H17NO4.H2/c1-3-13-5-4-10-9(12)7-14-6-8(2)11;/h3-7H2,1-2H3,(H,10,12);1H. The second kappa shape index (κ2) is 8.65. The largest absolute Gasteiger partial charge is 0.380 e. The van der Waals surface area contributed by atoms with Crippen LogP contribution in [0.2, 0.25) is 0 Å². The molecule has 5 nitrogen and oxygen atoms in total. The molecule has 0 saturated heterocycles. The van der Waals surface area contributed by atoms with Crippen LogP contribution in [0.5, 0.6) is 0 Å². The highest BCUT2D eigenvalue weighted by molar-refractivity contribution is 5.79. The summed E-state index contributed by atoms with van der Waals surface area (Å²) < 4.78 is 9.83. The fourth-order valence-corrected chi connectivity index (χ4v) is 0.745. The van der Waals surface area contributed by atoms with Gasteiger partial charge < -0.3 is 14.8 Å². The molecule has 0 aliphatic heterocycles. The summed E-state index contributed by atoms with van der Waals surface area (Å²) in [4.78, 5) is 21.4. The molecule has 0 heterocycles. The lowest BCUT2D eigenvalue weighted by Crippen LogP contribution is -2.31. The molecule has 0 aromatic heterocycles. The number of ether oxygens (including phenoxy) is 2. The summed E-state index contributed by atoms with van der Waals surface area (Å²) in [5.41, 5.74) is 0. The highest BCUT2D eigenvalue weighted by atomic mass is 16.5. The molecule has 0 saturated carbocycles. The maximum Gasteiger partial charge on any atom is 0.246 e. The van der Waals surface area contributed by atoms with Gasteiger partial charge in [0.1, 0.15) is 13.2 Å². The molecular formula is C9H19NO4. The number of ketones is 1. The second-order valence-corrected chi connectivity index (χ2v) is 2.74. The van der Waals surface area contributed by atoms with Crippen LogP contribution in [0, 0.1) is 0 Å². The van der Waals surface area contributed by atoms with E-state index in [0.717, 1.165) is 0 Å². The van der Waals surface area contributed by atoms with Gasteiger partial charge in [-0.2, -0.15) is 0 Å². The van der Waals surface area contributed by atoms with E-state index in [0.29, 0.717) is 19.8 Å². The topological polar surface area (TPSA) is 64.6 Å². The quantitative estimate of drug-likeness (QED) is 0.566. The number of hydrogen-bond donors (Lipinski definition) is 1. The number of amides is 1. The van der Waals surface area contributed by atoms with Crippen molar-refractivity contribution in [2.75, 3.05) is 33.0 Å². The van der Waals surface area contributed by atoms with Crippen LogP contribution in [0.25, 0.3) is 0 Å². The smallest absolute Gasteiger partial charge is 0.246 e. The first-order valence-electron chi connectivity index (χ1n) is 4.58. The summed E-state index contributed by atoms with van der Waals surface area (Å²) >= 11 is 0. The number of carbonyl (C=O) groups is 2. The Kier molecular flexibility index (Phi) is 8.07. The Morgan fingerprint density at radius 2 is 2.00 bits per heavy atom. The normalized spacial score (nSPS) is 9.86. The molecule has 0 spiro atoms. The van der Waals surface area contributed by atoms with Crippen molar-refractivity contribution < 1.29 is 20.5 Å². The molecule has 1 amide bonds. The predicted molar refractivity (Wildman–Crippen MR) is 53.1 cm³/mol. The van der Waals surface area contributed by atoms with Gasteiger partial charge in [0.15, 0.2) is 5.78 Å². The summed E-state index contributed by atoms with van der Waals surface area (Å²) in [6.07, 6.45) is 0. The van der Waals surface area contributed by atoms with Crippen LogP contribution in [0.15, 0.2) is 0 Å². The minimum absolute atomic E-state index is 0. The molecule has 1 N–H and O–H groups in total. The predicted octanol–water partition coefficient (Wildman–Crippen LogP) is -0.00930. The van der Waals surface area contributed by atoms with E-state index in [4.69, 9.17) is 9.47 Å². The molecule has 0 bridgehead atoms. The van der Waals surface area contributed by atoms with Gasteiger partial charge in [0.05, 0.1) is 6.61 Å². The first-order chi connectivity index (χ1) is 6.66. The zero-order valence-electron chi connectivity index (χ0n) is 8.67. The molecule has 0 aliphatic rings. The lowest BCUT2D eigenvalue weighted by Gasteiger charge is -2.04. The van der Waals surface area contributed by atoms with E-state index >= 15 is 0 Å². The third kappa shape index (κ3) is 9.15. The molecule has 5 heteroatoms. The Hall–Kier alpha value is -0.940. The van der Waals surface area contributed by atoms with Gasteiger partial charge in [0.2, 0.25) is 5.91 Å². The van der Waals surface area contributed by atoms with Crippen LogP contribution >= 0.6 is 0 Å². The van der Waals surface area contributed by atoms with Crippen molar-refractivity contribution in [3.63, 3.8) is 0 Å². The third-order valence-electron chi connectivity index (χ3n) is 1.31. The van der Waals surface area contributed by atoms with Crippen molar-refractivity contribution in [1.29, 1.82) is 0 Å². The van der Waals surface area contributed by atoms with E-state index in [2.05, 4.69) is 5.32 Å². The van der Waals surface area contributed by atoms with Crippen LogP contribution in [-0.2, 0) is 19.1 Å². The molecule has 0 rings (SSSR count). The van der Waals surface area contributed by atoms with E-state index in [9.17, 15) is 9.59 Å². The minimum atomic E-state index is -0.231. The lowest BCUT2D eigenvalue weighted by molar-refractivity contribution is -0.129. The van der Waals surface area contributed by atoms with Gasteiger partial charge in [0, 0.05) is 14.6 Å². The van der Waals surface area contributed by atoms with Crippen molar-refractivity contribution in [2.45, 2.75) is 13.8 Å². The number of hydrogen-bond acceptors (Lipinski definition) is 4. The summed E-state index contributed by atoms with van der Waals surface area (Å²) in [5, 5.41) is 2.59. The van der Waals surface area contributed by atoms with Crippen molar-refractivity contribution in [1.82, 2.24) is 5.32 Å². The Morgan fingerprint density at radius 3 is 2.57 bits per heavy atom. The van der Waals surface area contributed by atoms with Crippen LogP contribution in [-0.4, -0.2) is 44.7 Å². The molecule has 14 heavy (non-hydrogen) atoms. The van der Waals surface area contributed by atoms with E-state index < -0.39 is 0 Å². The van der Waals surface area contributed by atoms with E-state index in [1.165, 1.54) is 6.92 Å². The molecule has 0 atom stereocenters. The van der Waals surface area contributed by atoms with Crippen molar-refractivity contribution in [3.05, 3.63) is 0 Å². The Morgan fingerprint density at radius 1 is 1.29 bits per heavy atom. The number of rotatable bonds is 8. The summed E-state index contributed by atoms with van der Waals surface area (Å²) in [7, 11) is 0. The molecule has 0 radical (unpaired) electrons. The summed E-state index contributed by atoms with van der Waals surface area (Å²) in [6, 6.07) is 0. The molecule has 0 fully saturated rings. The molecule has 0 aliphatic carbocycles. The SMILES string of the molecule is CCOCCNC(=O)COCC(C)=O.[HH]. The maximum atomic E-state index is 11.0. The van der Waals surface area contributed by atoms with Crippen LogP contribution < -0.4 is 5.32 Å². The number of Topliss-reactive ketones (excluding diaryl/α,β-unsaturated/α-hetero) is 1. The zero-order valence-corrected chi connectivity index (χ0v) is 8.67. The monoisotopic (exact) mass is 205 g/mol. The first-order valence-corrected chi connectivity index (χ1v) is 4.58. The maximum absolute atomic E-state index is 11.0. The van der Waals surface area contributed by atoms with E-state index in [-0.39, 0.29) is 26.3 Å². The van der Waals surface area contributed by atoms with Gasteiger partial charge in [0.25, 0.3) is 0 Å². The first kappa shape index (κ1) is 13.1. The third-order valence-corrected chi connectivity index (χ3v) is 1.31. The van der Waals surface area contributed by atoms with Gasteiger partial charge in [-0.05, 0) is 13.8 Å². The fraction of sp³-hybridized carbons (Fsp3) is 0.778. The number of nitrogens with one attached hydrogen (secondary N) is 1. The van der Waals surface area contributed by atoms with Gasteiger partial charge in [-0.15, -0.1) is 0 Å². The minimum Gasteiger partial charge on any atom is -0.380 e. The van der Waals surface area contributed by atoms with Gasteiger partial charge in [-0.25, -0.2) is 0 Å². The van der Waals surface area contributed by atoms with Crippen molar-refractivity contribution >= 4 is 11.7 Å². The molecule has 0 aromatic rings. The Labute approximate surface area is 85.2 Å². The lowest BCUT2D eigenvalue weighted by atomic mass is 10.5. The van der Waals surface area contributed by atoms with Crippen LogP contribution in [0.1, 0.15) is 15.3 Å². The molecule has 0 aromatic carbocycles. The second-order valence-electron chi connectivity index (χ2n) is 2.74. The zero-order chi connectivity index (χ0) is 10.8. The van der Waals surface area contributed by atoms with Gasteiger partial charge >= 0.3 is 0 Å². The molecule has 0 unspecified atom stereocenters. The molecule has 84 valence electrons.